The fraction of sp³-hybridized carbons (Fsp3) is 0.750. The molecule has 3 heteroatoms. The van der Waals surface area contributed by atoms with E-state index in [1.165, 1.54) is 147 Å². The van der Waals surface area contributed by atoms with E-state index in [1.807, 2.05) is 12.1 Å². The van der Waals surface area contributed by atoms with Crippen molar-refractivity contribution < 1.29 is 14.6 Å². The SMILES string of the molecule is CCCCCCCCC=CCCCCCCCCOc1ccc(CCC(CCCCCCC=CCCCCCCCC)C(=O)O)cc1. The predicted octanol–water partition coefficient (Wildman–Crippen LogP) is 14.4. The maximum atomic E-state index is 11.8. The van der Waals surface area contributed by atoms with Gasteiger partial charge >= 0.3 is 5.97 Å². The minimum Gasteiger partial charge on any atom is -0.494 e. The molecule has 3 nitrogen and oxygen atoms in total. The number of unbranched alkanes of at least 4 members (excludes halogenated alkanes) is 22. The summed E-state index contributed by atoms with van der Waals surface area (Å²) in [5, 5.41) is 9.74. The summed E-state index contributed by atoms with van der Waals surface area (Å²) in [5.74, 6) is 0.0428. The Morgan fingerprint density at radius 1 is 0.553 bits per heavy atom. The molecule has 0 aliphatic rings. The van der Waals surface area contributed by atoms with Crippen LogP contribution in [0.15, 0.2) is 48.6 Å². The van der Waals surface area contributed by atoms with E-state index in [0.717, 1.165) is 50.9 Å². The molecule has 0 radical (unpaired) electrons. The molecule has 0 spiro atoms. The monoisotopic (exact) mass is 653 g/mol. The van der Waals surface area contributed by atoms with Gasteiger partial charge in [0.05, 0.1) is 12.5 Å². The smallest absolute Gasteiger partial charge is 0.306 e. The first-order valence-corrected chi connectivity index (χ1v) is 20.4. The minimum atomic E-state index is -0.641. The molecule has 0 bridgehead atoms. The van der Waals surface area contributed by atoms with Crippen molar-refractivity contribution in [2.45, 2.75) is 200 Å². The van der Waals surface area contributed by atoms with Gasteiger partial charge in [-0.05, 0) is 94.7 Å². The van der Waals surface area contributed by atoms with Gasteiger partial charge in [0.1, 0.15) is 5.75 Å². The molecule has 270 valence electrons. The van der Waals surface area contributed by atoms with Crippen molar-refractivity contribution in [1.29, 1.82) is 0 Å². The number of rotatable bonds is 35. The largest absolute Gasteiger partial charge is 0.494 e. The van der Waals surface area contributed by atoms with E-state index in [4.69, 9.17) is 4.74 Å². The first-order valence-electron chi connectivity index (χ1n) is 20.4. The average molecular weight is 653 g/mol. The summed E-state index contributed by atoms with van der Waals surface area (Å²) in [6.07, 6.45) is 45.4. The van der Waals surface area contributed by atoms with Gasteiger partial charge in [-0.15, -0.1) is 0 Å². The van der Waals surface area contributed by atoms with Crippen LogP contribution < -0.4 is 4.74 Å². The molecule has 1 N–H and O–H groups in total. The van der Waals surface area contributed by atoms with E-state index in [1.54, 1.807) is 0 Å². The summed E-state index contributed by atoms with van der Waals surface area (Å²) in [6, 6.07) is 8.31. The van der Waals surface area contributed by atoms with Crippen molar-refractivity contribution in [2.75, 3.05) is 6.61 Å². The lowest BCUT2D eigenvalue weighted by Gasteiger charge is -2.13. The molecule has 1 aromatic carbocycles. The molecule has 0 saturated heterocycles. The fourth-order valence-electron chi connectivity index (χ4n) is 6.31. The summed E-state index contributed by atoms with van der Waals surface area (Å²) in [7, 11) is 0. The number of hydrogen-bond donors (Lipinski definition) is 1. The van der Waals surface area contributed by atoms with Gasteiger partial charge in [0, 0.05) is 0 Å². The van der Waals surface area contributed by atoms with Crippen LogP contribution in [-0.4, -0.2) is 17.7 Å². The van der Waals surface area contributed by atoms with Gasteiger partial charge in [-0.1, -0.05) is 159 Å². The Bertz CT molecular complexity index is 855. The lowest BCUT2D eigenvalue weighted by molar-refractivity contribution is -0.142. The number of aliphatic carboxylic acids is 1. The number of carboxylic acids is 1. The van der Waals surface area contributed by atoms with E-state index in [0.29, 0.717) is 6.42 Å². The van der Waals surface area contributed by atoms with Crippen LogP contribution in [0.2, 0.25) is 0 Å². The Morgan fingerprint density at radius 3 is 1.40 bits per heavy atom. The van der Waals surface area contributed by atoms with Crippen molar-refractivity contribution in [3.05, 3.63) is 54.1 Å². The molecule has 0 aromatic heterocycles. The second kappa shape index (κ2) is 33.9. The molecule has 1 unspecified atom stereocenters. The van der Waals surface area contributed by atoms with Crippen LogP contribution in [0.1, 0.15) is 199 Å². The van der Waals surface area contributed by atoms with E-state index >= 15 is 0 Å². The molecule has 0 aliphatic heterocycles. The maximum Gasteiger partial charge on any atom is 0.306 e. The van der Waals surface area contributed by atoms with Crippen molar-refractivity contribution in [2.24, 2.45) is 5.92 Å². The zero-order valence-electron chi connectivity index (χ0n) is 31.2. The van der Waals surface area contributed by atoms with Crippen molar-refractivity contribution in [1.82, 2.24) is 0 Å². The molecular weight excluding hydrogens is 576 g/mol. The highest BCUT2D eigenvalue weighted by molar-refractivity contribution is 5.69. The van der Waals surface area contributed by atoms with Crippen LogP contribution in [0.4, 0.5) is 0 Å². The van der Waals surface area contributed by atoms with Gasteiger partial charge in [0.15, 0.2) is 0 Å². The van der Waals surface area contributed by atoms with Gasteiger partial charge in [0.25, 0.3) is 0 Å². The third-order valence-electron chi connectivity index (χ3n) is 9.54. The lowest BCUT2D eigenvalue weighted by atomic mass is 9.94. The number of carboxylic acid groups (broad SMARTS) is 1. The number of carbonyl (C=O) groups is 1. The van der Waals surface area contributed by atoms with E-state index < -0.39 is 5.97 Å². The molecule has 47 heavy (non-hydrogen) atoms. The minimum absolute atomic E-state index is 0.241. The molecule has 0 amide bonds. The van der Waals surface area contributed by atoms with Gasteiger partial charge in [0.2, 0.25) is 0 Å². The zero-order chi connectivity index (χ0) is 33.9. The highest BCUT2D eigenvalue weighted by Crippen LogP contribution is 2.20. The highest BCUT2D eigenvalue weighted by Gasteiger charge is 2.16. The quantitative estimate of drug-likeness (QED) is 0.0586. The first kappa shape index (κ1) is 43.0. The topological polar surface area (TPSA) is 46.5 Å². The van der Waals surface area contributed by atoms with Crippen LogP contribution in [0.3, 0.4) is 0 Å². The van der Waals surface area contributed by atoms with Crippen LogP contribution >= 0.6 is 0 Å². The predicted molar refractivity (Wildman–Crippen MR) is 206 cm³/mol. The molecule has 1 aromatic rings. The van der Waals surface area contributed by atoms with Crippen LogP contribution in [0.5, 0.6) is 5.75 Å². The standard InChI is InChI=1S/C44H76O3/c1-3-5-7-9-11-13-15-17-19-20-22-24-26-28-30-32-40-47-43-38-35-41(36-39-43)34-37-42(44(45)46)33-31-29-27-25-23-21-18-16-14-12-10-8-6-4-2/h17-19,21,35-36,38-39,42H,3-16,20,22-34,37,40H2,1-2H3,(H,45,46). The van der Waals surface area contributed by atoms with Crippen LogP contribution in [-0.2, 0) is 11.2 Å². The zero-order valence-corrected chi connectivity index (χ0v) is 31.2. The third-order valence-corrected chi connectivity index (χ3v) is 9.54. The van der Waals surface area contributed by atoms with Gasteiger partial charge < -0.3 is 9.84 Å². The molecule has 1 rings (SSSR count). The first-order chi connectivity index (χ1) is 23.2. The number of hydrogen-bond acceptors (Lipinski definition) is 2. The van der Waals surface area contributed by atoms with Gasteiger partial charge in [-0.3, -0.25) is 4.79 Å². The molecule has 0 heterocycles. The Kier molecular flexibility index (Phi) is 31.0. The Labute approximate surface area is 292 Å². The Hall–Kier alpha value is -2.03. The lowest BCUT2D eigenvalue weighted by Crippen LogP contribution is -2.14. The molecule has 0 aliphatic carbocycles. The van der Waals surface area contributed by atoms with Crippen LogP contribution in [0.25, 0.3) is 0 Å². The van der Waals surface area contributed by atoms with Crippen molar-refractivity contribution in [3.8, 4) is 5.75 Å². The van der Waals surface area contributed by atoms with Gasteiger partial charge in [-0.2, -0.15) is 0 Å². The second-order valence-electron chi connectivity index (χ2n) is 14.0. The second-order valence-corrected chi connectivity index (χ2v) is 14.0. The van der Waals surface area contributed by atoms with Gasteiger partial charge in [-0.25, -0.2) is 0 Å². The maximum absolute atomic E-state index is 11.8. The third kappa shape index (κ3) is 28.7. The number of aryl methyl sites for hydroxylation is 1. The highest BCUT2D eigenvalue weighted by atomic mass is 16.5. The van der Waals surface area contributed by atoms with E-state index in [2.05, 4.69) is 50.3 Å². The summed E-state index contributed by atoms with van der Waals surface area (Å²) in [6.45, 7) is 5.32. The normalized spacial score (nSPS) is 12.4. The molecule has 0 fully saturated rings. The molecule has 0 saturated carbocycles. The van der Waals surface area contributed by atoms with Crippen LogP contribution in [0, 0.1) is 5.92 Å². The van der Waals surface area contributed by atoms with E-state index in [9.17, 15) is 9.90 Å². The Morgan fingerprint density at radius 2 is 0.957 bits per heavy atom. The summed E-state index contributed by atoms with van der Waals surface area (Å²) in [4.78, 5) is 11.8. The fourth-order valence-corrected chi connectivity index (χ4v) is 6.31. The molecule has 1 atom stereocenters. The Balaban J connectivity index is 2.01. The number of allylic oxidation sites excluding steroid dienone is 4. The number of ether oxygens (including phenoxy) is 1. The van der Waals surface area contributed by atoms with Crippen molar-refractivity contribution >= 4 is 5.97 Å². The van der Waals surface area contributed by atoms with Crippen molar-refractivity contribution in [3.63, 3.8) is 0 Å². The molecular formula is C44H76O3. The number of benzene rings is 1. The summed E-state index contributed by atoms with van der Waals surface area (Å²) in [5.41, 5.74) is 1.20. The average Bonchev–Trinajstić information content (AvgIpc) is 3.08. The summed E-state index contributed by atoms with van der Waals surface area (Å²) >= 11 is 0. The summed E-state index contributed by atoms with van der Waals surface area (Å²) < 4.78 is 5.97. The van der Waals surface area contributed by atoms with E-state index in [-0.39, 0.29) is 5.92 Å².